The molecule has 3 rings (SSSR count). The van der Waals surface area contributed by atoms with Gasteiger partial charge in [-0.1, -0.05) is 30.3 Å². The van der Waals surface area contributed by atoms with Crippen molar-refractivity contribution in [2.24, 2.45) is 4.99 Å². The zero-order chi connectivity index (χ0) is 17.0. The van der Waals surface area contributed by atoms with Crippen LogP contribution in [-0.2, 0) is 12.0 Å². The van der Waals surface area contributed by atoms with E-state index in [1.54, 1.807) is 7.11 Å². The van der Waals surface area contributed by atoms with Crippen LogP contribution in [0, 0.1) is 0 Å². The molecule has 0 radical (unpaired) electrons. The van der Waals surface area contributed by atoms with Gasteiger partial charge in [-0.15, -0.1) is 0 Å². The van der Waals surface area contributed by atoms with Crippen LogP contribution in [0.2, 0.25) is 0 Å². The first-order chi connectivity index (χ1) is 11.7. The number of aliphatic imine (C=N–C) groups is 1. The average molecular weight is 326 g/mol. The summed E-state index contributed by atoms with van der Waals surface area (Å²) >= 11 is 0. The fraction of sp³-hybridized carbons (Fsp3) is 0.316. The first-order valence-electron chi connectivity index (χ1n) is 8.05. The lowest BCUT2D eigenvalue weighted by Gasteiger charge is -2.24. The second-order valence-corrected chi connectivity index (χ2v) is 5.87. The Kier molecular flexibility index (Phi) is 4.83. The minimum absolute atomic E-state index is 0.0814. The maximum absolute atomic E-state index is 11.4. The van der Waals surface area contributed by atoms with E-state index in [0.717, 1.165) is 22.6 Å². The van der Waals surface area contributed by atoms with Gasteiger partial charge in [0, 0.05) is 30.8 Å². The summed E-state index contributed by atoms with van der Waals surface area (Å²) in [7, 11) is 1.63. The van der Waals surface area contributed by atoms with Crippen molar-refractivity contribution in [3.8, 4) is 5.75 Å². The van der Waals surface area contributed by atoms with Gasteiger partial charge in [0.1, 0.15) is 11.6 Å². The highest BCUT2D eigenvalue weighted by Crippen LogP contribution is 2.39. The van der Waals surface area contributed by atoms with Crippen molar-refractivity contribution in [3.05, 3.63) is 59.7 Å². The summed E-state index contributed by atoms with van der Waals surface area (Å²) in [6, 6.07) is 15.4. The minimum Gasteiger partial charge on any atom is -0.497 e. The molecule has 2 aromatic carbocycles. The Hall–Kier alpha value is -2.37. The van der Waals surface area contributed by atoms with E-state index in [4.69, 9.17) is 9.84 Å². The summed E-state index contributed by atoms with van der Waals surface area (Å²) in [6.07, 6.45) is 0.961. The predicted octanol–water partition coefficient (Wildman–Crippen LogP) is 2.33. The second-order valence-electron chi connectivity index (χ2n) is 5.87. The summed E-state index contributed by atoms with van der Waals surface area (Å²) in [6.45, 7) is 0.547. The van der Waals surface area contributed by atoms with Gasteiger partial charge in [0.2, 0.25) is 0 Å². The highest BCUT2D eigenvalue weighted by molar-refractivity contribution is 6.08. The molecule has 0 saturated heterocycles. The summed E-state index contributed by atoms with van der Waals surface area (Å²) < 4.78 is 5.27. The molecule has 5 heteroatoms. The minimum atomic E-state index is -1.21. The number of methoxy groups -OCH3 is 1. The number of hydrogen-bond acceptors (Lipinski definition) is 4. The number of rotatable bonds is 6. The number of benzene rings is 2. The maximum Gasteiger partial charge on any atom is 0.153 e. The van der Waals surface area contributed by atoms with Crippen molar-refractivity contribution in [3.63, 3.8) is 0 Å². The third-order valence-electron chi connectivity index (χ3n) is 4.20. The molecule has 0 aliphatic carbocycles. The van der Waals surface area contributed by atoms with Crippen molar-refractivity contribution in [1.82, 2.24) is 0 Å². The van der Waals surface area contributed by atoms with E-state index < -0.39 is 5.60 Å². The van der Waals surface area contributed by atoms with Gasteiger partial charge in [0.25, 0.3) is 0 Å². The van der Waals surface area contributed by atoms with Crippen molar-refractivity contribution in [1.29, 1.82) is 0 Å². The quantitative estimate of drug-likeness (QED) is 0.712. The van der Waals surface area contributed by atoms with E-state index in [0.29, 0.717) is 25.2 Å². The first-order valence-corrected chi connectivity index (χ1v) is 8.05. The predicted molar refractivity (Wildman–Crippen MR) is 94.7 cm³/mol. The lowest BCUT2D eigenvalue weighted by molar-refractivity contribution is 0.116. The molecule has 24 heavy (non-hydrogen) atoms. The van der Waals surface area contributed by atoms with Crippen LogP contribution < -0.4 is 10.1 Å². The Morgan fingerprint density at radius 2 is 2.00 bits per heavy atom. The molecule has 0 fully saturated rings. The fourth-order valence-corrected chi connectivity index (χ4v) is 3.00. The van der Waals surface area contributed by atoms with Crippen LogP contribution in [0.4, 0.5) is 5.69 Å². The lowest BCUT2D eigenvalue weighted by atomic mass is 9.88. The van der Waals surface area contributed by atoms with E-state index in [2.05, 4.69) is 10.3 Å². The highest BCUT2D eigenvalue weighted by atomic mass is 16.5. The Morgan fingerprint density at radius 1 is 1.17 bits per heavy atom. The number of nitrogens with zero attached hydrogens (tertiary/aromatic N) is 1. The Balaban J connectivity index is 1.96. The monoisotopic (exact) mass is 326 g/mol. The number of ether oxygens (including phenoxy) is 1. The molecule has 0 saturated carbocycles. The van der Waals surface area contributed by atoms with Crippen molar-refractivity contribution >= 4 is 11.5 Å². The molecule has 0 spiro atoms. The molecular formula is C19H22N2O3. The van der Waals surface area contributed by atoms with Gasteiger partial charge in [-0.2, -0.15) is 0 Å². The molecule has 1 heterocycles. The molecule has 5 nitrogen and oxygen atoms in total. The Morgan fingerprint density at radius 3 is 2.79 bits per heavy atom. The number of hydrogen-bond donors (Lipinski definition) is 3. The van der Waals surface area contributed by atoms with Gasteiger partial charge < -0.3 is 20.3 Å². The third-order valence-corrected chi connectivity index (χ3v) is 4.20. The standard InChI is InChI=1S/C19H22N2O3/c1-24-15-7-4-6-14(12-15)13-19(23)16-8-2-3-9-17(16)21-18(19)20-10-5-11-22/h2-4,6-9,12,22-23H,5,10-11,13H2,1H3,(H,20,21). The Labute approximate surface area is 141 Å². The number of aliphatic hydroxyl groups excluding tert-OH is 1. The highest BCUT2D eigenvalue weighted by Gasteiger charge is 2.42. The molecule has 0 aromatic heterocycles. The van der Waals surface area contributed by atoms with Crippen LogP contribution >= 0.6 is 0 Å². The second kappa shape index (κ2) is 7.03. The van der Waals surface area contributed by atoms with Crippen molar-refractivity contribution in [2.45, 2.75) is 18.4 Å². The zero-order valence-electron chi connectivity index (χ0n) is 13.7. The van der Waals surface area contributed by atoms with Crippen molar-refractivity contribution in [2.75, 3.05) is 25.6 Å². The number of aliphatic hydroxyl groups is 2. The molecule has 3 N–H and O–H groups in total. The summed E-state index contributed by atoms with van der Waals surface area (Å²) in [4.78, 5) is 4.48. The molecule has 2 aromatic rings. The molecule has 1 aliphatic rings. The Bertz CT molecular complexity index is 745. The molecule has 126 valence electrons. The van der Waals surface area contributed by atoms with Crippen LogP contribution in [-0.4, -0.2) is 36.3 Å². The smallest absolute Gasteiger partial charge is 0.153 e. The molecule has 0 amide bonds. The van der Waals surface area contributed by atoms with E-state index in [9.17, 15) is 5.11 Å². The zero-order valence-corrected chi connectivity index (χ0v) is 13.7. The number of anilines is 1. The van der Waals surface area contributed by atoms with Crippen molar-refractivity contribution < 1.29 is 14.9 Å². The van der Waals surface area contributed by atoms with Crippen LogP contribution in [0.15, 0.2) is 53.5 Å². The molecule has 0 bridgehead atoms. The summed E-state index contributed by atoms with van der Waals surface area (Å²) in [5.74, 6) is 1.29. The molecule has 1 unspecified atom stereocenters. The normalized spacial score (nSPS) is 20.7. The lowest BCUT2D eigenvalue weighted by Crippen LogP contribution is -2.37. The molecular weight excluding hydrogens is 304 g/mol. The number of amidine groups is 1. The van der Waals surface area contributed by atoms with Gasteiger partial charge in [-0.3, -0.25) is 4.99 Å². The third kappa shape index (κ3) is 3.13. The van der Waals surface area contributed by atoms with E-state index >= 15 is 0 Å². The van der Waals surface area contributed by atoms with Crippen LogP contribution in [0.25, 0.3) is 0 Å². The first kappa shape index (κ1) is 16.5. The van der Waals surface area contributed by atoms with Crippen LogP contribution in [0.5, 0.6) is 5.75 Å². The van der Waals surface area contributed by atoms with Gasteiger partial charge in [-0.25, -0.2) is 0 Å². The summed E-state index contributed by atoms with van der Waals surface area (Å²) in [5, 5.41) is 23.6. The topological polar surface area (TPSA) is 74.1 Å². The van der Waals surface area contributed by atoms with Gasteiger partial charge in [0.05, 0.1) is 7.11 Å². The number of fused-ring (bicyclic) bond motifs is 1. The number of nitrogens with one attached hydrogen (secondary N) is 1. The van der Waals surface area contributed by atoms with Gasteiger partial charge in [0.15, 0.2) is 5.60 Å². The van der Waals surface area contributed by atoms with Crippen LogP contribution in [0.3, 0.4) is 0 Å². The van der Waals surface area contributed by atoms with Gasteiger partial charge >= 0.3 is 0 Å². The van der Waals surface area contributed by atoms with E-state index in [1.807, 2.05) is 48.5 Å². The number of para-hydroxylation sites is 1. The van der Waals surface area contributed by atoms with Crippen LogP contribution in [0.1, 0.15) is 17.5 Å². The maximum atomic E-state index is 11.4. The molecule has 1 aliphatic heterocycles. The van der Waals surface area contributed by atoms with E-state index in [1.165, 1.54) is 0 Å². The van der Waals surface area contributed by atoms with E-state index in [-0.39, 0.29) is 6.61 Å². The SMILES string of the molecule is COc1cccc(CC2(O)C(=NCCCO)Nc3ccccc32)c1. The van der Waals surface area contributed by atoms with Gasteiger partial charge in [-0.05, 0) is 30.2 Å². The summed E-state index contributed by atoms with van der Waals surface area (Å²) in [5.41, 5.74) is 1.43. The average Bonchev–Trinajstić information content (AvgIpc) is 2.88. The molecule has 1 atom stereocenters. The largest absolute Gasteiger partial charge is 0.497 e. The fourth-order valence-electron chi connectivity index (χ4n) is 3.00.